The van der Waals surface area contributed by atoms with Crippen LogP contribution in [0.3, 0.4) is 0 Å². The molecule has 37 heavy (non-hydrogen) atoms. The third-order valence-electron chi connectivity index (χ3n) is 6.46. The van der Waals surface area contributed by atoms with Gasteiger partial charge in [0.25, 0.3) is 0 Å². The van der Waals surface area contributed by atoms with Crippen molar-refractivity contribution in [2.75, 3.05) is 0 Å². The standard InChI is InChI=1S/C33H36N4/c1-22(2)30-18-27(19-31(23(3)4)33(30)37-21-29-12-8-10-14-35-29)17-26-15-24(5)32(25(6)16-26)36-20-28-11-7-9-13-34-28/h7-16,18-23H,17H2,1-6H3. The maximum atomic E-state index is 4.94. The second-order valence-electron chi connectivity index (χ2n) is 10.2. The lowest BCUT2D eigenvalue weighted by Gasteiger charge is -2.19. The molecule has 188 valence electrons. The van der Waals surface area contributed by atoms with Crippen LogP contribution in [-0.2, 0) is 6.42 Å². The van der Waals surface area contributed by atoms with Crippen LogP contribution in [0.2, 0.25) is 0 Å². The first-order chi connectivity index (χ1) is 17.8. The van der Waals surface area contributed by atoms with Gasteiger partial charge in [-0.1, -0.05) is 64.1 Å². The van der Waals surface area contributed by atoms with E-state index in [1.54, 1.807) is 12.4 Å². The molecular weight excluding hydrogens is 452 g/mol. The van der Waals surface area contributed by atoms with Crippen molar-refractivity contribution < 1.29 is 0 Å². The molecule has 4 rings (SSSR count). The third-order valence-corrected chi connectivity index (χ3v) is 6.46. The molecule has 0 spiro atoms. The van der Waals surface area contributed by atoms with Crippen LogP contribution in [0, 0.1) is 13.8 Å². The number of aliphatic imine (C=N–C) groups is 2. The summed E-state index contributed by atoms with van der Waals surface area (Å²) in [7, 11) is 0. The zero-order valence-electron chi connectivity index (χ0n) is 22.7. The number of aryl methyl sites for hydroxylation is 2. The Kier molecular flexibility index (Phi) is 8.39. The van der Waals surface area contributed by atoms with Gasteiger partial charge in [-0.05, 0) is 89.8 Å². The van der Waals surface area contributed by atoms with Crippen LogP contribution < -0.4 is 0 Å². The lowest BCUT2D eigenvalue weighted by Crippen LogP contribution is -2.01. The molecule has 0 bridgehead atoms. The van der Waals surface area contributed by atoms with Crippen molar-refractivity contribution in [3.63, 3.8) is 0 Å². The van der Waals surface area contributed by atoms with Crippen molar-refractivity contribution in [3.8, 4) is 0 Å². The average molecular weight is 489 g/mol. The van der Waals surface area contributed by atoms with E-state index in [1.807, 2.05) is 48.8 Å². The van der Waals surface area contributed by atoms with Crippen LogP contribution in [-0.4, -0.2) is 22.4 Å². The molecule has 0 aliphatic rings. The second-order valence-corrected chi connectivity index (χ2v) is 10.2. The highest BCUT2D eigenvalue weighted by Gasteiger charge is 2.16. The van der Waals surface area contributed by atoms with Gasteiger partial charge in [0.05, 0.1) is 35.2 Å². The summed E-state index contributed by atoms with van der Waals surface area (Å²) >= 11 is 0. The molecule has 0 atom stereocenters. The van der Waals surface area contributed by atoms with E-state index in [0.717, 1.165) is 29.2 Å². The fourth-order valence-corrected chi connectivity index (χ4v) is 4.63. The van der Waals surface area contributed by atoms with Gasteiger partial charge in [-0.2, -0.15) is 0 Å². The first-order valence-electron chi connectivity index (χ1n) is 13.0. The molecule has 0 amide bonds. The van der Waals surface area contributed by atoms with Crippen LogP contribution in [0.1, 0.15) is 84.3 Å². The minimum atomic E-state index is 0.361. The van der Waals surface area contributed by atoms with Gasteiger partial charge in [0.15, 0.2) is 0 Å². The van der Waals surface area contributed by atoms with Gasteiger partial charge in [-0.15, -0.1) is 0 Å². The molecule has 0 N–H and O–H groups in total. The van der Waals surface area contributed by atoms with Crippen molar-refractivity contribution in [1.29, 1.82) is 0 Å². The molecule has 2 heterocycles. The molecule has 0 aliphatic heterocycles. The Morgan fingerprint density at radius 1 is 0.649 bits per heavy atom. The van der Waals surface area contributed by atoms with Crippen molar-refractivity contribution in [3.05, 3.63) is 118 Å². The summed E-state index contributed by atoms with van der Waals surface area (Å²) < 4.78 is 0. The van der Waals surface area contributed by atoms with E-state index in [0.29, 0.717) is 11.8 Å². The average Bonchev–Trinajstić information content (AvgIpc) is 2.88. The molecule has 2 aromatic heterocycles. The molecule has 4 aromatic rings. The van der Waals surface area contributed by atoms with E-state index in [1.165, 1.54) is 33.4 Å². The summed E-state index contributed by atoms with van der Waals surface area (Å²) in [5, 5.41) is 0. The Bertz CT molecular complexity index is 1350. The van der Waals surface area contributed by atoms with Crippen molar-refractivity contribution in [2.24, 2.45) is 9.98 Å². The smallest absolute Gasteiger partial charge is 0.0812 e. The Balaban J connectivity index is 1.66. The van der Waals surface area contributed by atoms with Gasteiger partial charge in [-0.25, -0.2) is 0 Å². The van der Waals surface area contributed by atoms with Crippen LogP contribution in [0.15, 0.2) is 83.0 Å². The molecule has 0 saturated carbocycles. The predicted molar refractivity (Wildman–Crippen MR) is 156 cm³/mol. The second kappa shape index (κ2) is 11.9. The van der Waals surface area contributed by atoms with E-state index in [9.17, 15) is 0 Å². The van der Waals surface area contributed by atoms with Crippen LogP contribution in [0.4, 0.5) is 11.4 Å². The number of hydrogen-bond acceptors (Lipinski definition) is 4. The molecule has 0 aliphatic carbocycles. The van der Waals surface area contributed by atoms with Gasteiger partial charge in [-0.3, -0.25) is 20.0 Å². The minimum absolute atomic E-state index is 0.361. The summed E-state index contributed by atoms with van der Waals surface area (Å²) in [5.74, 6) is 0.722. The highest BCUT2D eigenvalue weighted by atomic mass is 14.8. The first kappa shape index (κ1) is 26.2. The monoisotopic (exact) mass is 488 g/mol. The number of benzene rings is 2. The number of nitrogens with zero attached hydrogens (tertiary/aromatic N) is 4. The lowest BCUT2D eigenvalue weighted by atomic mass is 9.88. The zero-order chi connectivity index (χ0) is 26.4. The maximum absolute atomic E-state index is 4.94. The highest BCUT2D eigenvalue weighted by Crippen LogP contribution is 2.37. The number of aromatic nitrogens is 2. The van der Waals surface area contributed by atoms with Gasteiger partial charge in [0.1, 0.15) is 0 Å². The Labute approximate surface area is 221 Å². The minimum Gasteiger partial charge on any atom is -0.255 e. The summed E-state index contributed by atoms with van der Waals surface area (Å²) in [6.07, 6.45) is 8.18. The number of hydrogen-bond donors (Lipinski definition) is 0. The van der Waals surface area contributed by atoms with Gasteiger partial charge >= 0.3 is 0 Å². The van der Waals surface area contributed by atoms with Gasteiger partial charge < -0.3 is 0 Å². The Morgan fingerprint density at radius 2 is 1.11 bits per heavy atom. The maximum Gasteiger partial charge on any atom is 0.0812 e. The fraction of sp³-hybridized carbons (Fsp3) is 0.273. The summed E-state index contributed by atoms with van der Waals surface area (Å²) in [4.78, 5) is 18.4. The van der Waals surface area contributed by atoms with E-state index < -0.39 is 0 Å². The lowest BCUT2D eigenvalue weighted by molar-refractivity contribution is 0.829. The Hall–Kier alpha value is -3.92. The molecule has 4 nitrogen and oxygen atoms in total. The number of rotatable bonds is 8. The third kappa shape index (κ3) is 6.65. The van der Waals surface area contributed by atoms with E-state index in [4.69, 9.17) is 9.98 Å². The summed E-state index contributed by atoms with van der Waals surface area (Å²) in [5.41, 5.74) is 11.3. The van der Waals surface area contributed by atoms with Crippen molar-refractivity contribution >= 4 is 23.8 Å². The molecule has 4 heteroatoms. The van der Waals surface area contributed by atoms with E-state index in [-0.39, 0.29) is 0 Å². The molecule has 0 fully saturated rings. The van der Waals surface area contributed by atoms with Crippen LogP contribution in [0.5, 0.6) is 0 Å². The van der Waals surface area contributed by atoms with Crippen LogP contribution in [0.25, 0.3) is 0 Å². The van der Waals surface area contributed by atoms with E-state index in [2.05, 4.69) is 75.8 Å². The Morgan fingerprint density at radius 3 is 1.54 bits per heavy atom. The summed E-state index contributed by atoms with van der Waals surface area (Å²) in [6.45, 7) is 13.2. The van der Waals surface area contributed by atoms with Gasteiger partial charge in [0.2, 0.25) is 0 Å². The van der Waals surface area contributed by atoms with Gasteiger partial charge in [0, 0.05) is 12.4 Å². The van der Waals surface area contributed by atoms with Crippen molar-refractivity contribution in [2.45, 2.75) is 59.8 Å². The quantitative estimate of drug-likeness (QED) is 0.234. The highest BCUT2D eigenvalue weighted by molar-refractivity contribution is 5.81. The fourth-order valence-electron chi connectivity index (χ4n) is 4.63. The topological polar surface area (TPSA) is 50.5 Å². The largest absolute Gasteiger partial charge is 0.255 e. The normalized spacial score (nSPS) is 11.9. The van der Waals surface area contributed by atoms with Crippen molar-refractivity contribution in [1.82, 2.24) is 9.97 Å². The summed E-state index contributed by atoms with van der Waals surface area (Å²) in [6, 6.07) is 20.9. The first-order valence-corrected chi connectivity index (χ1v) is 13.0. The molecule has 0 radical (unpaired) electrons. The predicted octanol–water partition coefficient (Wildman–Crippen LogP) is 8.43. The van der Waals surface area contributed by atoms with E-state index >= 15 is 0 Å². The molecular formula is C33H36N4. The SMILES string of the molecule is Cc1cc(Cc2cc(C(C)C)c(N=Cc3ccccn3)c(C(C)C)c2)cc(C)c1N=Cc1ccccn1. The number of pyridine rings is 2. The van der Waals surface area contributed by atoms with Crippen LogP contribution >= 0.6 is 0 Å². The molecule has 0 unspecified atom stereocenters. The molecule has 2 aromatic carbocycles. The zero-order valence-corrected chi connectivity index (χ0v) is 22.7. The molecule has 0 saturated heterocycles.